The highest BCUT2D eigenvalue weighted by atomic mass is 127. The molecule has 0 aliphatic rings. The van der Waals surface area contributed by atoms with Crippen molar-refractivity contribution in [1.82, 2.24) is 0 Å². The van der Waals surface area contributed by atoms with Crippen molar-refractivity contribution in [3.63, 3.8) is 0 Å². The molecule has 0 unspecified atom stereocenters. The van der Waals surface area contributed by atoms with E-state index in [1.54, 1.807) is 0 Å². The Hall–Kier alpha value is 0.550. The van der Waals surface area contributed by atoms with E-state index in [2.05, 4.69) is 0 Å². The quantitative estimate of drug-likeness (QED) is 0.366. The lowest BCUT2D eigenvalue weighted by molar-refractivity contribution is 0.112. The van der Waals surface area contributed by atoms with Gasteiger partial charge in [0, 0.05) is 21.8 Å². The van der Waals surface area contributed by atoms with Gasteiger partial charge in [-0.1, -0.05) is 0 Å². The number of aldehydes is 2. The maximum absolute atomic E-state index is 10.8. The molecule has 0 saturated carbocycles. The van der Waals surface area contributed by atoms with Crippen LogP contribution in [-0.4, -0.2) is 12.6 Å². The Balaban J connectivity index is 3.72. The van der Waals surface area contributed by atoms with Gasteiger partial charge in [0.1, 0.15) is 0 Å². The predicted octanol–water partition coefficient (Wildman–Crippen LogP) is 2.71. The van der Waals surface area contributed by atoms with Crippen LogP contribution in [0, 0.1) is 10.7 Å². The number of carbonyl (C=O) groups excluding carboxylic acids is 2. The maximum Gasteiger partial charge on any atom is 0.152 e. The normalized spacial score (nSPS) is 9.93. The monoisotopic (exact) mass is 527 g/mol. The fraction of sp³-hybridized carbons (Fsp3) is 0. The molecule has 0 aliphatic carbocycles. The summed E-state index contributed by atoms with van der Waals surface area (Å²) in [7, 11) is 0. The lowest BCUT2D eigenvalue weighted by Crippen LogP contribution is -2.06. The lowest BCUT2D eigenvalue weighted by atomic mass is 10.1. The zero-order chi connectivity index (χ0) is 10.9. The zero-order valence-electron chi connectivity index (χ0n) is 6.68. The molecule has 0 bridgehead atoms. The van der Waals surface area contributed by atoms with Crippen LogP contribution in [0.1, 0.15) is 20.7 Å². The van der Waals surface area contributed by atoms with Crippen LogP contribution in [-0.2, 0) is 0 Å². The molecule has 0 saturated heterocycles. The Bertz CT molecular complexity index is 383. The molecule has 0 fully saturated rings. The molecule has 1 aromatic carbocycles. The van der Waals surface area contributed by atoms with Gasteiger partial charge in [0.25, 0.3) is 0 Å². The number of benzene rings is 1. The Labute approximate surface area is 122 Å². The Kier molecular flexibility index (Phi) is 4.56. The third-order valence-corrected chi connectivity index (χ3v) is 5.14. The van der Waals surface area contributed by atoms with Crippen LogP contribution in [0.25, 0.3) is 0 Å². The fourth-order valence-electron chi connectivity index (χ4n) is 0.931. The van der Waals surface area contributed by atoms with Crippen LogP contribution in [0.4, 0.5) is 5.69 Å². The van der Waals surface area contributed by atoms with Crippen molar-refractivity contribution in [3.8, 4) is 0 Å². The number of rotatable bonds is 2. The van der Waals surface area contributed by atoms with Crippen molar-refractivity contribution < 1.29 is 9.59 Å². The third-order valence-electron chi connectivity index (χ3n) is 1.65. The molecule has 0 radical (unpaired) electrons. The number of anilines is 1. The molecule has 0 spiro atoms. The van der Waals surface area contributed by atoms with Crippen LogP contribution in [0.3, 0.4) is 0 Å². The summed E-state index contributed by atoms with van der Waals surface area (Å²) < 4.78 is 2.07. The van der Waals surface area contributed by atoms with Gasteiger partial charge >= 0.3 is 0 Å². The molecule has 0 aromatic heterocycles. The highest BCUT2D eigenvalue weighted by Gasteiger charge is 2.17. The van der Waals surface area contributed by atoms with Crippen LogP contribution in [0.2, 0.25) is 0 Å². The first-order valence-corrected chi connectivity index (χ1v) is 6.64. The number of carbonyl (C=O) groups is 2. The van der Waals surface area contributed by atoms with Crippen molar-refractivity contribution in [1.29, 1.82) is 0 Å². The van der Waals surface area contributed by atoms with Crippen molar-refractivity contribution in [3.05, 3.63) is 21.8 Å². The van der Waals surface area contributed by atoms with Gasteiger partial charge in [0.15, 0.2) is 12.6 Å². The van der Waals surface area contributed by atoms with E-state index in [1.807, 2.05) is 67.8 Å². The van der Waals surface area contributed by atoms with Gasteiger partial charge in [-0.25, -0.2) is 0 Å². The smallest absolute Gasteiger partial charge is 0.152 e. The molecule has 1 rings (SSSR count). The van der Waals surface area contributed by atoms with Crippen LogP contribution in [0.15, 0.2) is 0 Å². The molecule has 1 aromatic rings. The molecule has 3 nitrogen and oxygen atoms in total. The van der Waals surface area contributed by atoms with Crippen molar-refractivity contribution in [2.24, 2.45) is 0 Å². The third kappa shape index (κ3) is 2.05. The Morgan fingerprint density at radius 1 is 0.857 bits per heavy atom. The summed E-state index contributed by atoms with van der Waals surface area (Å²) in [6.07, 6.45) is 1.45. The largest absolute Gasteiger partial charge is 0.397 e. The second-order valence-electron chi connectivity index (χ2n) is 2.42. The SMILES string of the molecule is Nc1c(I)c(C=O)c(I)c(C=O)c1I. The highest BCUT2D eigenvalue weighted by Crippen LogP contribution is 2.31. The molecule has 6 heteroatoms. The van der Waals surface area contributed by atoms with Crippen LogP contribution in [0.5, 0.6) is 0 Å². The van der Waals surface area contributed by atoms with Gasteiger partial charge in [0.05, 0.1) is 5.69 Å². The minimum Gasteiger partial charge on any atom is -0.397 e. The van der Waals surface area contributed by atoms with E-state index in [9.17, 15) is 9.59 Å². The standard InChI is InChI=1S/C8H4I3NO2/c9-5-3(1-13)6(10)8(12)7(11)4(5)2-14/h1-2H,12H2. The minimum absolute atomic E-state index is 0.492. The van der Waals surface area contributed by atoms with E-state index in [0.717, 1.165) is 12.6 Å². The summed E-state index contributed by atoms with van der Waals surface area (Å²) in [6, 6.07) is 0. The lowest BCUT2D eigenvalue weighted by Gasteiger charge is -2.10. The molecule has 0 atom stereocenters. The van der Waals surface area contributed by atoms with Gasteiger partial charge in [-0.05, 0) is 67.8 Å². The number of nitrogen functional groups attached to an aromatic ring is 1. The van der Waals surface area contributed by atoms with Gasteiger partial charge in [-0.3, -0.25) is 9.59 Å². The topological polar surface area (TPSA) is 60.2 Å². The molecule has 0 amide bonds. The average molecular weight is 527 g/mol. The van der Waals surface area contributed by atoms with Gasteiger partial charge in [0.2, 0.25) is 0 Å². The zero-order valence-corrected chi connectivity index (χ0v) is 13.2. The highest BCUT2D eigenvalue weighted by molar-refractivity contribution is 14.1. The Morgan fingerprint density at radius 2 is 1.21 bits per heavy atom. The second-order valence-corrected chi connectivity index (χ2v) is 5.65. The molecule has 0 heterocycles. The van der Waals surface area contributed by atoms with E-state index < -0.39 is 0 Å². The van der Waals surface area contributed by atoms with Gasteiger partial charge in [-0.15, -0.1) is 0 Å². The molecule has 14 heavy (non-hydrogen) atoms. The molecule has 2 N–H and O–H groups in total. The van der Waals surface area contributed by atoms with Crippen molar-refractivity contribution in [2.75, 3.05) is 5.73 Å². The maximum atomic E-state index is 10.8. The number of nitrogens with two attached hydrogens (primary N) is 1. The number of halogens is 3. The molecule has 0 aliphatic heterocycles. The summed E-state index contributed by atoms with van der Waals surface area (Å²) >= 11 is 6.00. The number of hydrogen-bond acceptors (Lipinski definition) is 3. The first-order chi connectivity index (χ1) is 6.54. The minimum atomic E-state index is 0.492. The van der Waals surface area contributed by atoms with E-state index in [-0.39, 0.29) is 0 Å². The predicted molar refractivity (Wildman–Crippen MR) is 79.8 cm³/mol. The first-order valence-electron chi connectivity index (χ1n) is 3.40. The molecular weight excluding hydrogens is 523 g/mol. The average Bonchev–Trinajstić information content (AvgIpc) is 2.16. The molecular formula is C8H4I3NO2. The summed E-state index contributed by atoms with van der Waals surface area (Å²) in [6.45, 7) is 0. The van der Waals surface area contributed by atoms with Gasteiger partial charge < -0.3 is 5.73 Å². The van der Waals surface area contributed by atoms with Crippen LogP contribution >= 0.6 is 67.8 Å². The van der Waals surface area contributed by atoms with E-state index in [4.69, 9.17) is 5.73 Å². The van der Waals surface area contributed by atoms with Crippen molar-refractivity contribution >= 4 is 86.0 Å². The van der Waals surface area contributed by atoms with E-state index in [0.29, 0.717) is 27.5 Å². The molecule has 74 valence electrons. The first kappa shape index (κ1) is 12.6. The van der Waals surface area contributed by atoms with Gasteiger partial charge in [-0.2, -0.15) is 0 Å². The summed E-state index contributed by atoms with van der Waals surface area (Å²) in [4.78, 5) is 21.6. The van der Waals surface area contributed by atoms with E-state index in [1.165, 1.54) is 0 Å². The second kappa shape index (κ2) is 5.05. The summed E-state index contributed by atoms with van der Waals surface area (Å²) in [5.74, 6) is 0. The summed E-state index contributed by atoms with van der Waals surface area (Å²) in [5, 5.41) is 0. The Morgan fingerprint density at radius 3 is 1.50 bits per heavy atom. The van der Waals surface area contributed by atoms with E-state index >= 15 is 0 Å². The van der Waals surface area contributed by atoms with Crippen molar-refractivity contribution in [2.45, 2.75) is 0 Å². The summed E-state index contributed by atoms with van der Waals surface area (Å²) in [5.41, 5.74) is 7.25. The number of hydrogen-bond donors (Lipinski definition) is 1. The van der Waals surface area contributed by atoms with Crippen LogP contribution < -0.4 is 5.73 Å². The fourth-order valence-corrected chi connectivity index (χ4v) is 4.61.